The summed E-state index contributed by atoms with van der Waals surface area (Å²) in [6, 6.07) is 3.78. The molecule has 7 heteroatoms. The molecule has 0 fully saturated rings. The van der Waals surface area contributed by atoms with Gasteiger partial charge in [-0.1, -0.05) is 5.16 Å². The van der Waals surface area contributed by atoms with Crippen molar-refractivity contribution in [3.05, 3.63) is 29.6 Å². The van der Waals surface area contributed by atoms with Gasteiger partial charge in [-0.25, -0.2) is 4.39 Å². The number of amides is 1. The lowest BCUT2D eigenvalue weighted by Gasteiger charge is -2.17. The molecule has 0 aliphatic carbocycles. The van der Waals surface area contributed by atoms with Crippen LogP contribution >= 0.6 is 0 Å². The van der Waals surface area contributed by atoms with Gasteiger partial charge in [-0.3, -0.25) is 4.79 Å². The number of nitrogens with one attached hydrogen (secondary N) is 1. The number of hydrogen-bond donors (Lipinski definition) is 2. The third kappa shape index (κ3) is 5.03. The lowest BCUT2D eigenvalue weighted by atomic mass is 10.1. The Morgan fingerprint density at radius 3 is 2.86 bits per heavy atom. The number of halogens is 1. The maximum Gasteiger partial charge on any atom is 0.260 e. The number of methoxy groups -OCH3 is 1. The van der Waals surface area contributed by atoms with Gasteiger partial charge in [-0.15, -0.1) is 0 Å². The van der Waals surface area contributed by atoms with Gasteiger partial charge in [0, 0.05) is 19.2 Å². The predicted molar refractivity (Wildman–Crippen MR) is 75.4 cm³/mol. The molecule has 0 spiro atoms. The minimum atomic E-state index is -0.780. The molecule has 0 saturated heterocycles. The largest absolute Gasteiger partial charge is 0.480 e. The van der Waals surface area contributed by atoms with Crippen LogP contribution in [0.25, 0.3) is 0 Å². The van der Waals surface area contributed by atoms with Crippen molar-refractivity contribution < 1.29 is 23.9 Å². The Morgan fingerprint density at radius 1 is 1.52 bits per heavy atom. The molecule has 1 aromatic rings. The van der Waals surface area contributed by atoms with E-state index in [2.05, 4.69) is 10.5 Å². The summed E-state index contributed by atoms with van der Waals surface area (Å²) in [5.41, 5.74) is 0.477. The number of carbonyl (C=O) groups is 1. The van der Waals surface area contributed by atoms with Gasteiger partial charge < -0.3 is 20.0 Å². The van der Waals surface area contributed by atoms with Gasteiger partial charge in [-0.05, 0) is 32.0 Å². The highest BCUT2D eigenvalue weighted by molar-refractivity contribution is 6.00. The Hall–Kier alpha value is -2.15. The van der Waals surface area contributed by atoms with Crippen molar-refractivity contribution >= 4 is 11.6 Å². The van der Waals surface area contributed by atoms with Gasteiger partial charge in [0.15, 0.2) is 6.10 Å². The third-order valence-electron chi connectivity index (χ3n) is 2.76. The molecule has 1 amide bonds. The van der Waals surface area contributed by atoms with Crippen LogP contribution in [-0.2, 0) is 9.53 Å². The zero-order valence-electron chi connectivity index (χ0n) is 12.2. The molecule has 1 unspecified atom stereocenters. The van der Waals surface area contributed by atoms with E-state index in [4.69, 9.17) is 14.7 Å². The monoisotopic (exact) mass is 298 g/mol. The summed E-state index contributed by atoms with van der Waals surface area (Å²) in [6.45, 7) is 3.85. The van der Waals surface area contributed by atoms with E-state index in [1.165, 1.54) is 32.2 Å². The Kier molecular flexibility index (Phi) is 6.61. The SMILES string of the molecule is COCCNC(=O)C(C)Oc1ccc(F)cc1/C(C)=N/O. The molecule has 0 aliphatic heterocycles. The second-order valence-corrected chi connectivity index (χ2v) is 4.37. The third-order valence-corrected chi connectivity index (χ3v) is 2.76. The van der Waals surface area contributed by atoms with Crippen molar-refractivity contribution in [2.45, 2.75) is 20.0 Å². The number of rotatable bonds is 7. The van der Waals surface area contributed by atoms with Crippen LogP contribution < -0.4 is 10.1 Å². The number of nitrogens with zero attached hydrogens (tertiary/aromatic N) is 1. The minimum Gasteiger partial charge on any atom is -0.480 e. The molecule has 0 saturated carbocycles. The van der Waals surface area contributed by atoms with Crippen LogP contribution in [-0.4, -0.2) is 43.2 Å². The van der Waals surface area contributed by atoms with Crippen LogP contribution in [0.15, 0.2) is 23.4 Å². The smallest absolute Gasteiger partial charge is 0.260 e. The molecule has 116 valence electrons. The average Bonchev–Trinajstić information content (AvgIpc) is 2.48. The van der Waals surface area contributed by atoms with Gasteiger partial charge in [0.25, 0.3) is 5.91 Å². The quantitative estimate of drug-likeness (QED) is 0.346. The zero-order chi connectivity index (χ0) is 15.8. The van der Waals surface area contributed by atoms with E-state index < -0.39 is 11.9 Å². The van der Waals surface area contributed by atoms with E-state index in [1.807, 2.05) is 0 Å². The Balaban J connectivity index is 2.80. The second-order valence-electron chi connectivity index (χ2n) is 4.37. The van der Waals surface area contributed by atoms with E-state index in [9.17, 15) is 9.18 Å². The topological polar surface area (TPSA) is 80.2 Å². The number of benzene rings is 1. The van der Waals surface area contributed by atoms with Gasteiger partial charge in [0.1, 0.15) is 11.6 Å². The first-order chi connectivity index (χ1) is 9.99. The molecule has 21 heavy (non-hydrogen) atoms. The summed E-state index contributed by atoms with van der Waals surface area (Å²) in [5, 5.41) is 14.5. The second kappa shape index (κ2) is 8.21. The van der Waals surface area contributed by atoms with Crippen LogP contribution in [0.5, 0.6) is 5.75 Å². The van der Waals surface area contributed by atoms with Crippen LogP contribution in [0, 0.1) is 5.82 Å². The molecular formula is C14H19FN2O4. The van der Waals surface area contributed by atoms with Gasteiger partial charge in [0.2, 0.25) is 0 Å². The fourth-order valence-electron chi connectivity index (χ4n) is 1.61. The highest BCUT2D eigenvalue weighted by Crippen LogP contribution is 2.22. The van der Waals surface area contributed by atoms with Crippen molar-refractivity contribution in [1.29, 1.82) is 0 Å². The minimum absolute atomic E-state index is 0.191. The number of hydrogen-bond acceptors (Lipinski definition) is 5. The molecule has 0 aromatic heterocycles. The van der Waals surface area contributed by atoms with Gasteiger partial charge in [-0.2, -0.15) is 0 Å². The van der Waals surface area contributed by atoms with Gasteiger partial charge in [0.05, 0.1) is 12.3 Å². The first kappa shape index (κ1) is 16.9. The zero-order valence-corrected chi connectivity index (χ0v) is 12.2. The molecule has 0 bridgehead atoms. The van der Waals surface area contributed by atoms with E-state index in [1.54, 1.807) is 6.92 Å². The highest BCUT2D eigenvalue weighted by Gasteiger charge is 2.17. The van der Waals surface area contributed by atoms with Crippen molar-refractivity contribution in [3.8, 4) is 5.75 Å². The summed E-state index contributed by atoms with van der Waals surface area (Å²) in [7, 11) is 1.54. The average molecular weight is 298 g/mol. The number of oxime groups is 1. The molecule has 1 atom stereocenters. The first-order valence-corrected chi connectivity index (χ1v) is 6.41. The van der Waals surface area contributed by atoms with Crippen molar-refractivity contribution in [1.82, 2.24) is 5.32 Å². The summed E-state index contributed by atoms with van der Waals surface area (Å²) < 4.78 is 23.6. The Bertz CT molecular complexity index is 520. The predicted octanol–water partition coefficient (Wildman–Crippen LogP) is 1.55. The van der Waals surface area contributed by atoms with Crippen molar-refractivity contribution in [2.75, 3.05) is 20.3 Å². The first-order valence-electron chi connectivity index (χ1n) is 6.41. The standard InChI is InChI=1S/C14H19FN2O4/c1-9(17-19)12-8-11(15)4-5-13(12)21-10(2)14(18)16-6-7-20-3/h4-5,8,10,19H,6-7H2,1-3H3,(H,16,18)/b17-9+. The van der Waals surface area contributed by atoms with E-state index in [0.717, 1.165) is 0 Å². The van der Waals surface area contributed by atoms with E-state index >= 15 is 0 Å². The number of ether oxygens (including phenoxy) is 2. The summed E-state index contributed by atoms with van der Waals surface area (Å²) in [5.74, 6) is -0.542. The molecule has 2 N–H and O–H groups in total. The van der Waals surface area contributed by atoms with E-state index in [0.29, 0.717) is 13.2 Å². The molecular weight excluding hydrogens is 279 g/mol. The normalized spacial score (nSPS) is 12.9. The lowest BCUT2D eigenvalue weighted by molar-refractivity contribution is -0.127. The maximum absolute atomic E-state index is 13.3. The van der Waals surface area contributed by atoms with Crippen molar-refractivity contribution in [2.24, 2.45) is 5.16 Å². The molecule has 0 heterocycles. The molecule has 6 nitrogen and oxygen atoms in total. The van der Waals surface area contributed by atoms with Crippen LogP contribution in [0.3, 0.4) is 0 Å². The Labute approximate surface area is 122 Å². The van der Waals surface area contributed by atoms with Crippen molar-refractivity contribution in [3.63, 3.8) is 0 Å². The summed E-state index contributed by atoms with van der Waals surface area (Å²) >= 11 is 0. The Morgan fingerprint density at radius 2 is 2.24 bits per heavy atom. The van der Waals surface area contributed by atoms with Crippen LogP contribution in [0.4, 0.5) is 4.39 Å². The highest BCUT2D eigenvalue weighted by atomic mass is 19.1. The summed E-state index contributed by atoms with van der Waals surface area (Å²) in [4.78, 5) is 11.8. The van der Waals surface area contributed by atoms with Crippen LogP contribution in [0.2, 0.25) is 0 Å². The van der Waals surface area contributed by atoms with Gasteiger partial charge >= 0.3 is 0 Å². The summed E-state index contributed by atoms with van der Waals surface area (Å²) in [6.07, 6.45) is -0.780. The molecule has 1 aromatic carbocycles. The fraction of sp³-hybridized carbons (Fsp3) is 0.429. The number of carbonyl (C=O) groups excluding carboxylic acids is 1. The molecule has 0 aliphatic rings. The van der Waals surface area contributed by atoms with Crippen LogP contribution in [0.1, 0.15) is 19.4 Å². The molecule has 0 radical (unpaired) electrons. The molecule has 1 rings (SSSR count). The van der Waals surface area contributed by atoms with E-state index in [-0.39, 0.29) is 22.9 Å². The maximum atomic E-state index is 13.3. The lowest BCUT2D eigenvalue weighted by Crippen LogP contribution is -2.38. The fourth-order valence-corrected chi connectivity index (χ4v) is 1.61.